The van der Waals surface area contributed by atoms with Gasteiger partial charge in [0.05, 0.1) is 18.2 Å². The second kappa shape index (κ2) is 6.44. The number of benzene rings is 2. The third-order valence-corrected chi connectivity index (χ3v) is 3.70. The van der Waals surface area contributed by atoms with Crippen LogP contribution in [0.15, 0.2) is 36.4 Å². The molecule has 1 unspecified atom stereocenters. The van der Waals surface area contributed by atoms with Crippen LogP contribution in [0.2, 0.25) is 10.0 Å². The summed E-state index contributed by atoms with van der Waals surface area (Å²) in [5.41, 5.74) is 1.71. The summed E-state index contributed by atoms with van der Waals surface area (Å²) in [6.45, 7) is 0. The normalized spacial score (nSPS) is 12.2. The largest absolute Gasteiger partial charge is 0.497 e. The maximum Gasteiger partial charge on any atom is 0.141 e. The van der Waals surface area contributed by atoms with Crippen molar-refractivity contribution >= 4 is 23.2 Å². The zero-order valence-electron chi connectivity index (χ0n) is 11.1. The first-order valence-corrected chi connectivity index (χ1v) is 6.78. The van der Waals surface area contributed by atoms with Crippen LogP contribution in [-0.2, 0) is 0 Å². The predicted octanol–water partition coefficient (Wildman–Crippen LogP) is 4.45. The van der Waals surface area contributed by atoms with Crippen LogP contribution in [0.3, 0.4) is 0 Å². The number of halogens is 3. The van der Waals surface area contributed by atoms with Gasteiger partial charge in [-0.2, -0.15) is 0 Å². The van der Waals surface area contributed by atoms with Gasteiger partial charge < -0.3 is 10.1 Å². The molecule has 0 bridgehead atoms. The summed E-state index contributed by atoms with van der Waals surface area (Å²) in [7, 11) is 3.39. The van der Waals surface area contributed by atoms with E-state index < -0.39 is 5.82 Å². The van der Waals surface area contributed by atoms with Crippen LogP contribution in [0.4, 0.5) is 4.39 Å². The van der Waals surface area contributed by atoms with E-state index in [1.54, 1.807) is 25.3 Å². The molecule has 106 valence electrons. The van der Waals surface area contributed by atoms with E-state index in [1.165, 1.54) is 6.07 Å². The smallest absolute Gasteiger partial charge is 0.141 e. The second-order valence-electron chi connectivity index (χ2n) is 4.28. The summed E-state index contributed by atoms with van der Waals surface area (Å²) in [6.07, 6.45) is 0. The molecule has 0 fully saturated rings. The lowest BCUT2D eigenvalue weighted by atomic mass is 9.98. The quantitative estimate of drug-likeness (QED) is 0.900. The number of nitrogens with one attached hydrogen (secondary N) is 1. The molecule has 0 aromatic heterocycles. The molecule has 0 aliphatic rings. The molecule has 2 aromatic rings. The van der Waals surface area contributed by atoms with Crippen LogP contribution in [0.1, 0.15) is 17.2 Å². The third kappa shape index (κ3) is 3.06. The monoisotopic (exact) mass is 313 g/mol. The van der Waals surface area contributed by atoms with Crippen LogP contribution >= 0.6 is 23.2 Å². The van der Waals surface area contributed by atoms with Gasteiger partial charge in [-0.15, -0.1) is 0 Å². The summed E-state index contributed by atoms with van der Waals surface area (Å²) < 4.78 is 18.4. The van der Waals surface area contributed by atoms with E-state index in [2.05, 4.69) is 5.32 Å². The van der Waals surface area contributed by atoms with Crippen molar-refractivity contribution in [3.8, 4) is 5.75 Å². The average molecular weight is 314 g/mol. The highest BCUT2D eigenvalue weighted by Gasteiger charge is 2.17. The van der Waals surface area contributed by atoms with Gasteiger partial charge in [-0.3, -0.25) is 0 Å². The molecule has 1 atom stereocenters. The Morgan fingerprint density at radius 1 is 1.10 bits per heavy atom. The third-order valence-electron chi connectivity index (χ3n) is 3.08. The lowest BCUT2D eigenvalue weighted by molar-refractivity contribution is 0.414. The minimum absolute atomic E-state index is 0.0902. The molecule has 5 heteroatoms. The highest BCUT2D eigenvalue weighted by molar-refractivity contribution is 6.31. The highest BCUT2D eigenvalue weighted by atomic mass is 35.5. The fourth-order valence-corrected chi connectivity index (χ4v) is 2.53. The van der Waals surface area contributed by atoms with Crippen molar-refractivity contribution in [2.24, 2.45) is 0 Å². The minimum Gasteiger partial charge on any atom is -0.497 e. The van der Waals surface area contributed by atoms with Gasteiger partial charge in [-0.05, 0) is 42.4 Å². The Morgan fingerprint density at radius 2 is 1.85 bits per heavy atom. The summed E-state index contributed by atoms with van der Waals surface area (Å²) in [4.78, 5) is 0. The molecule has 0 heterocycles. The Balaban J connectivity index is 2.43. The second-order valence-corrected chi connectivity index (χ2v) is 5.10. The number of hydrogen-bond donors (Lipinski definition) is 1. The van der Waals surface area contributed by atoms with Gasteiger partial charge in [0.2, 0.25) is 0 Å². The number of ether oxygens (including phenoxy) is 1. The first-order valence-electron chi connectivity index (χ1n) is 6.02. The fraction of sp³-hybridized carbons (Fsp3) is 0.200. The van der Waals surface area contributed by atoms with E-state index in [0.29, 0.717) is 10.8 Å². The maximum absolute atomic E-state index is 13.3. The fourth-order valence-electron chi connectivity index (χ4n) is 2.06. The van der Waals surface area contributed by atoms with Crippen LogP contribution in [-0.4, -0.2) is 14.2 Å². The van der Waals surface area contributed by atoms with E-state index in [0.717, 1.165) is 11.1 Å². The molecule has 0 radical (unpaired) electrons. The standard InChI is InChI=1S/C15H14Cl2FNO/c1-19-15(9-3-6-14(18)13(17)7-9)11-5-4-10(20-2)8-12(11)16/h3-8,15,19H,1-2H3. The summed E-state index contributed by atoms with van der Waals surface area (Å²) in [5.74, 6) is 0.247. The summed E-state index contributed by atoms with van der Waals surface area (Å²) >= 11 is 12.1. The summed E-state index contributed by atoms with van der Waals surface area (Å²) in [5, 5.41) is 3.82. The molecule has 2 aromatic carbocycles. The molecule has 0 amide bonds. The molecule has 2 rings (SSSR count). The van der Waals surface area contributed by atoms with E-state index in [9.17, 15) is 4.39 Å². The lowest BCUT2D eigenvalue weighted by Crippen LogP contribution is -2.18. The Morgan fingerprint density at radius 3 is 2.40 bits per heavy atom. The maximum atomic E-state index is 13.3. The first kappa shape index (κ1) is 15.1. The van der Waals surface area contributed by atoms with Crippen molar-refractivity contribution in [2.75, 3.05) is 14.2 Å². The summed E-state index contributed by atoms with van der Waals surface area (Å²) in [6, 6.07) is 9.90. The van der Waals surface area contributed by atoms with Crippen LogP contribution in [0, 0.1) is 5.82 Å². The van der Waals surface area contributed by atoms with Crippen molar-refractivity contribution in [3.63, 3.8) is 0 Å². The Kier molecular flexibility index (Phi) is 4.86. The van der Waals surface area contributed by atoms with Gasteiger partial charge in [-0.1, -0.05) is 35.3 Å². The molecule has 2 nitrogen and oxygen atoms in total. The van der Waals surface area contributed by atoms with Gasteiger partial charge >= 0.3 is 0 Å². The Labute approximate surface area is 127 Å². The number of methoxy groups -OCH3 is 1. The molecular formula is C15H14Cl2FNO. The molecule has 0 aliphatic carbocycles. The molecular weight excluding hydrogens is 300 g/mol. The van der Waals surface area contributed by atoms with Gasteiger partial charge in [0.1, 0.15) is 11.6 Å². The Hall–Kier alpha value is -1.29. The molecule has 1 N–H and O–H groups in total. The van der Waals surface area contributed by atoms with Crippen molar-refractivity contribution < 1.29 is 9.13 Å². The van der Waals surface area contributed by atoms with Crippen molar-refractivity contribution in [1.82, 2.24) is 5.32 Å². The average Bonchev–Trinajstić information content (AvgIpc) is 2.45. The van der Waals surface area contributed by atoms with Gasteiger partial charge in [-0.25, -0.2) is 4.39 Å². The van der Waals surface area contributed by atoms with Gasteiger partial charge in [0.15, 0.2) is 0 Å². The molecule has 20 heavy (non-hydrogen) atoms. The zero-order chi connectivity index (χ0) is 14.7. The zero-order valence-corrected chi connectivity index (χ0v) is 12.6. The topological polar surface area (TPSA) is 21.3 Å². The Bertz CT molecular complexity index is 619. The van der Waals surface area contributed by atoms with E-state index >= 15 is 0 Å². The van der Waals surface area contributed by atoms with Gasteiger partial charge in [0, 0.05) is 5.02 Å². The molecule has 0 aliphatic heterocycles. The number of hydrogen-bond acceptors (Lipinski definition) is 2. The van der Waals surface area contributed by atoms with E-state index in [-0.39, 0.29) is 11.1 Å². The SMILES string of the molecule is CNC(c1ccc(F)c(Cl)c1)c1ccc(OC)cc1Cl. The van der Waals surface area contributed by atoms with Crippen LogP contribution in [0.5, 0.6) is 5.75 Å². The predicted molar refractivity (Wildman–Crippen MR) is 80.3 cm³/mol. The van der Waals surface area contributed by atoms with Crippen LogP contribution < -0.4 is 10.1 Å². The highest BCUT2D eigenvalue weighted by Crippen LogP contribution is 2.32. The van der Waals surface area contributed by atoms with Gasteiger partial charge in [0.25, 0.3) is 0 Å². The van der Waals surface area contributed by atoms with Crippen LogP contribution in [0.25, 0.3) is 0 Å². The first-order chi connectivity index (χ1) is 9.56. The molecule has 0 saturated carbocycles. The minimum atomic E-state index is -0.439. The van der Waals surface area contributed by atoms with Crippen molar-refractivity contribution in [1.29, 1.82) is 0 Å². The molecule has 0 spiro atoms. The van der Waals surface area contributed by atoms with E-state index in [1.807, 2.05) is 19.2 Å². The molecule has 0 saturated heterocycles. The van der Waals surface area contributed by atoms with Crippen molar-refractivity contribution in [3.05, 3.63) is 63.4 Å². The van der Waals surface area contributed by atoms with E-state index in [4.69, 9.17) is 27.9 Å². The van der Waals surface area contributed by atoms with Crippen molar-refractivity contribution in [2.45, 2.75) is 6.04 Å². The lowest BCUT2D eigenvalue weighted by Gasteiger charge is -2.19. The number of rotatable bonds is 4.